The van der Waals surface area contributed by atoms with Crippen LogP contribution in [0.4, 0.5) is 14.6 Å². The van der Waals surface area contributed by atoms with Gasteiger partial charge in [0.05, 0.1) is 12.0 Å². The Labute approximate surface area is 220 Å². The topological polar surface area (TPSA) is 176 Å². The van der Waals surface area contributed by atoms with Crippen LogP contribution in [-0.2, 0) is 24.8 Å². The third-order valence-corrected chi connectivity index (χ3v) is 9.36. The summed E-state index contributed by atoms with van der Waals surface area (Å²) in [5.41, 5.74) is 0.926. The smallest absolute Gasteiger partial charge is 0.340 e. The monoisotopic (exact) mass is 596 g/mol. The largest absolute Gasteiger partial charge is 0.387 e. The minimum absolute atomic E-state index is 0.162. The van der Waals surface area contributed by atoms with Gasteiger partial charge >= 0.3 is 15.2 Å². The first kappa shape index (κ1) is 29.0. The van der Waals surface area contributed by atoms with Crippen LogP contribution < -0.4 is 5.32 Å². The molecule has 5 N–H and O–H groups in total. The predicted octanol–water partition coefficient (Wildman–Crippen LogP) is 3.20. The molecule has 1 unspecified atom stereocenters. The Morgan fingerprint density at radius 1 is 1.26 bits per heavy atom. The maximum absolute atomic E-state index is 15.1. The van der Waals surface area contributed by atoms with Crippen LogP contribution in [-0.4, -0.2) is 71.3 Å². The van der Waals surface area contributed by atoms with Crippen molar-refractivity contribution < 1.29 is 47.0 Å². The van der Waals surface area contributed by atoms with E-state index in [9.17, 15) is 23.5 Å². The first-order valence-electron chi connectivity index (χ1n) is 11.3. The molecule has 1 aliphatic heterocycles. The van der Waals surface area contributed by atoms with E-state index >= 15 is 4.39 Å². The number of benzene rings is 1. The molecular weight excluding hydrogens is 572 g/mol. The Kier molecular flexibility index (Phi) is 8.58. The maximum Gasteiger partial charge on any atom is 0.340 e. The number of anilines is 1. The molecule has 4 rings (SSSR count). The van der Waals surface area contributed by atoms with Gasteiger partial charge in [0.1, 0.15) is 29.5 Å². The van der Waals surface area contributed by atoms with Crippen molar-refractivity contribution in [2.45, 2.75) is 44.0 Å². The molecule has 0 amide bonds. The normalized spacial score (nSPS) is 24.4. The van der Waals surface area contributed by atoms with E-state index < -0.39 is 52.3 Å². The number of fused-ring (bicyclic) bond motifs is 1. The molecule has 0 radical (unpaired) electrons. The maximum atomic E-state index is 15.1. The van der Waals surface area contributed by atoms with Crippen LogP contribution in [0.1, 0.15) is 18.7 Å². The van der Waals surface area contributed by atoms with Crippen LogP contribution >= 0.6 is 26.8 Å². The lowest BCUT2D eigenvalue weighted by Gasteiger charge is -2.19. The molecule has 0 aliphatic carbocycles. The molecule has 2 aromatic heterocycles. The number of nitrogens with one attached hydrogen (secondary N) is 1. The summed E-state index contributed by atoms with van der Waals surface area (Å²) in [5, 5.41) is 13.8. The quantitative estimate of drug-likeness (QED) is 0.172. The molecule has 1 saturated heterocycles. The zero-order valence-electron chi connectivity index (χ0n) is 19.8. The van der Waals surface area contributed by atoms with Crippen LogP contribution in [0.15, 0.2) is 36.5 Å². The van der Waals surface area contributed by atoms with Crippen LogP contribution in [0.25, 0.3) is 11.0 Å². The van der Waals surface area contributed by atoms with Crippen molar-refractivity contribution >= 4 is 43.6 Å². The Bertz CT molecular complexity index is 1410. The number of rotatable bonds is 10. The molecule has 1 aliphatic rings. The second-order valence-corrected chi connectivity index (χ2v) is 13.3. The molecule has 0 bridgehead atoms. The molecule has 0 saturated carbocycles. The molecule has 12 nitrogen and oxygen atoms in total. The molecular formula is C21H25ClF2N4O8P2. The van der Waals surface area contributed by atoms with Gasteiger partial charge in [0.25, 0.3) is 0 Å². The summed E-state index contributed by atoms with van der Waals surface area (Å²) in [6.45, 7) is 1.06. The number of aliphatic hydroxyl groups is 1. The van der Waals surface area contributed by atoms with Crippen LogP contribution in [0, 0.1) is 5.82 Å². The van der Waals surface area contributed by atoms with Crippen molar-refractivity contribution in [3.8, 4) is 0 Å². The van der Waals surface area contributed by atoms with E-state index in [4.69, 9.17) is 26.1 Å². The first-order chi connectivity index (χ1) is 17.7. The van der Waals surface area contributed by atoms with E-state index in [1.807, 2.05) is 6.92 Å². The van der Waals surface area contributed by atoms with Gasteiger partial charge in [-0.05, 0) is 48.7 Å². The summed E-state index contributed by atoms with van der Waals surface area (Å²) < 4.78 is 63.0. The van der Waals surface area contributed by atoms with E-state index in [-0.39, 0.29) is 22.8 Å². The van der Waals surface area contributed by atoms with Gasteiger partial charge in [-0.2, -0.15) is 4.98 Å². The molecule has 38 heavy (non-hydrogen) atoms. The van der Waals surface area contributed by atoms with Gasteiger partial charge in [-0.15, -0.1) is 0 Å². The number of hydrogen-bond acceptors (Lipinski definition) is 8. The Morgan fingerprint density at radius 2 is 2.00 bits per heavy atom. The number of alkyl halides is 1. The summed E-state index contributed by atoms with van der Waals surface area (Å²) in [6.07, 6.45) is -4.75. The number of nitrogens with zero attached hydrogens (tertiary/aromatic N) is 3. The molecule has 3 aromatic rings. The fraction of sp³-hybridized carbons (Fsp3) is 0.429. The lowest BCUT2D eigenvalue weighted by atomic mass is 10.1. The molecule has 6 atom stereocenters. The number of hydrogen-bond donors (Lipinski definition) is 5. The second kappa shape index (κ2) is 11.2. The van der Waals surface area contributed by atoms with E-state index in [1.54, 1.807) is 18.2 Å². The van der Waals surface area contributed by atoms with Crippen molar-refractivity contribution in [3.05, 3.63) is 53.2 Å². The van der Waals surface area contributed by atoms with Gasteiger partial charge in [-0.25, -0.2) is 13.8 Å². The zero-order valence-corrected chi connectivity index (χ0v) is 22.3. The average Bonchev–Trinajstić information content (AvgIpc) is 3.32. The summed E-state index contributed by atoms with van der Waals surface area (Å²) >= 11 is 6.12. The number of ether oxygens (including phenoxy) is 1. The van der Waals surface area contributed by atoms with Crippen LogP contribution in [0.3, 0.4) is 0 Å². The highest BCUT2D eigenvalue weighted by Crippen LogP contribution is 2.55. The van der Waals surface area contributed by atoms with Gasteiger partial charge in [0.2, 0.25) is 5.28 Å². The van der Waals surface area contributed by atoms with Crippen molar-refractivity contribution in [1.82, 2.24) is 14.5 Å². The third-order valence-electron chi connectivity index (χ3n) is 5.73. The highest BCUT2D eigenvalue weighted by atomic mass is 35.5. The summed E-state index contributed by atoms with van der Waals surface area (Å²) in [5.74, 6) is -1.46. The molecule has 3 heterocycles. The summed E-state index contributed by atoms with van der Waals surface area (Å²) in [7, 11) is -9.60. The van der Waals surface area contributed by atoms with E-state index in [0.29, 0.717) is 17.6 Å². The Balaban J connectivity index is 1.51. The van der Waals surface area contributed by atoms with Gasteiger partial charge in [0.15, 0.2) is 18.3 Å². The van der Waals surface area contributed by atoms with Gasteiger partial charge in [-0.1, -0.05) is 12.1 Å². The van der Waals surface area contributed by atoms with E-state index in [2.05, 4.69) is 19.8 Å². The van der Waals surface area contributed by atoms with Crippen molar-refractivity contribution in [2.24, 2.45) is 0 Å². The SMILES string of the molecule is C[C@@H](Cc1cccc(F)c1)Nc1nc(Cl)nc2c1ccn2[C@@H]1O[C@H](COP(=O)(O)CP(=O)(O)O)[C@@H](O)[C@@H]1F. The van der Waals surface area contributed by atoms with Crippen molar-refractivity contribution in [3.63, 3.8) is 0 Å². The van der Waals surface area contributed by atoms with E-state index in [1.165, 1.54) is 22.9 Å². The number of aliphatic hydroxyl groups excluding tert-OH is 1. The first-order valence-corrected chi connectivity index (χ1v) is 15.2. The number of halogens is 3. The Hall–Kier alpha value is -1.99. The fourth-order valence-electron chi connectivity index (χ4n) is 4.15. The fourth-order valence-corrected chi connectivity index (χ4v) is 6.89. The van der Waals surface area contributed by atoms with Crippen molar-refractivity contribution in [2.75, 3.05) is 17.8 Å². The minimum atomic E-state index is -4.87. The minimum Gasteiger partial charge on any atom is -0.387 e. The summed E-state index contributed by atoms with van der Waals surface area (Å²) in [4.78, 5) is 35.8. The van der Waals surface area contributed by atoms with Crippen LogP contribution in [0.2, 0.25) is 5.28 Å². The molecule has 1 fully saturated rings. The average molecular weight is 597 g/mol. The highest BCUT2D eigenvalue weighted by Gasteiger charge is 2.47. The van der Waals surface area contributed by atoms with Gasteiger partial charge < -0.3 is 38.9 Å². The standard InChI is InChI=1S/C21H25ClF2N4O8P2/c1-11(7-12-3-2-4-13(23)8-12)25-18-14-5-6-28(19(14)27-21(22)26-18)20-16(24)17(29)15(36-20)9-35-38(33,34)10-37(30,31)32/h2-6,8,11,15-17,20,29H,7,9-10H2,1H3,(H,33,34)(H,25,26,27)(H2,30,31,32)/t11-,15+,16-,17+,20+/m0/s1. The highest BCUT2D eigenvalue weighted by molar-refractivity contribution is 7.70. The van der Waals surface area contributed by atoms with Crippen molar-refractivity contribution in [1.29, 1.82) is 0 Å². The lowest BCUT2D eigenvalue weighted by molar-refractivity contribution is -0.0423. The van der Waals surface area contributed by atoms with Gasteiger partial charge in [-0.3, -0.25) is 9.13 Å². The summed E-state index contributed by atoms with van der Waals surface area (Å²) in [6, 6.07) is 7.53. The molecule has 208 valence electrons. The van der Waals surface area contributed by atoms with Gasteiger partial charge in [0, 0.05) is 12.2 Å². The van der Waals surface area contributed by atoms with Crippen LogP contribution in [0.5, 0.6) is 0 Å². The zero-order chi connectivity index (χ0) is 27.8. The molecule has 0 spiro atoms. The third kappa shape index (κ3) is 6.95. The predicted molar refractivity (Wildman–Crippen MR) is 133 cm³/mol. The molecule has 1 aromatic carbocycles. The molecule has 17 heteroatoms. The second-order valence-electron chi connectivity index (χ2n) is 8.92. The number of aromatic nitrogens is 3. The Morgan fingerprint density at radius 3 is 2.68 bits per heavy atom. The van der Waals surface area contributed by atoms with E-state index in [0.717, 1.165) is 5.56 Å². The lowest BCUT2D eigenvalue weighted by Crippen LogP contribution is -2.31.